The topological polar surface area (TPSA) is 180 Å². The van der Waals surface area contributed by atoms with Crippen molar-refractivity contribution in [2.45, 2.75) is 51.4 Å². The number of hydrogen-bond donors (Lipinski definition) is 4. The fourth-order valence-corrected chi connectivity index (χ4v) is 5.73. The summed E-state index contributed by atoms with van der Waals surface area (Å²) in [6, 6.07) is 25.9. The molecule has 0 unspecified atom stereocenters. The molecule has 0 saturated carbocycles. The molecular formula is C42H48FNO11. The molecule has 1 aliphatic rings. The van der Waals surface area contributed by atoms with E-state index in [9.17, 15) is 28.7 Å². The number of carboxylic acid groups (broad SMARTS) is 2. The van der Waals surface area contributed by atoms with E-state index in [1.807, 2.05) is 61.5 Å². The van der Waals surface area contributed by atoms with Crippen molar-refractivity contribution in [2.75, 3.05) is 33.9 Å². The molecule has 0 bridgehead atoms. The van der Waals surface area contributed by atoms with Gasteiger partial charge in [-0.1, -0.05) is 71.8 Å². The van der Waals surface area contributed by atoms with Crippen molar-refractivity contribution in [1.82, 2.24) is 4.90 Å². The van der Waals surface area contributed by atoms with E-state index in [4.69, 9.17) is 24.8 Å². The number of para-hydroxylation sites is 1. The van der Waals surface area contributed by atoms with Gasteiger partial charge >= 0.3 is 17.9 Å². The van der Waals surface area contributed by atoms with Crippen molar-refractivity contribution in [2.24, 2.45) is 5.92 Å². The predicted molar refractivity (Wildman–Crippen MR) is 202 cm³/mol. The van der Waals surface area contributed by atoms with Gasteiger partial charge in [-0.3, -0.25) is 4.79 Å². The predicted octanol–water partition coefficient (Wildman–Crippen LogP) is 5.69. The number of aliphatic carboxylic acids is 2. The Morgan fingerprint density at radius 2 is 1.40 bits per heavy atom. The van der Waals surface area contributed by atoms with E-state index in [0.29, 0.717) is 11.5 Å². The van der Waals surface area contributed by atoms with Crippen LogP contribution in [0, 0.1) is 25.6 Å². The molecule has 3 atom stereocenters. The molecule has 1 saturated heterocycles. The number of benzene rings is 4. The smallest absolute Gasteiger partial charge is 0.348 e. The van der Waals surface area contributed by atoms with Crippen molar-refractivity contribution >= 4 is 24.2 Å². The van der Waals surface area contributed by atoms with Crippen LogP contribution in [0.15, 0.2) is 91.0 Å². The van der Waals surface area contributed by atoms with Gasteiger partial charge in [0.05, 0.1) is 25.9 Å². The molecule has 1 heterocycles. The number of aldehydes is 1. The number of aryl methyl sites for hydroxylation is 2. The minimum absolute atomic E-state index is 0.0643. The highest BCUT2D eigenvalue weighted by atomic mass is 19.1. The minimum Gasteiger partial charge on any atom is -0.493 e. The van der Waals surface area contributed by atoms with Gasteiger partial charge in [-0.25, -0.2) is 18.8 Å². The Kier molecular flexibility index (Phi) is 17.4. The van der Waals surface area contributed by atoms with Gasteiger partial charge in [-0.05, 0) is 88.0 Å². The Morgan fingerprint density at radius 1 is 0.818 bits per heavy atom. The number of carbonyl (C=O) groups is 4. The second-order valence-corrected chi connectivity index (χ2v) is 12.9. The maximum atomic E-state index is 13.0. The number of aliphatic hydroxyl groups excluding tert-OH is 2. The average Bonchev–Trinajstić information content (AvgIpc) is 3.19. The largest absolute Gasteiger partial charge is 0.493 e. The normalized spacial score (nSPS) is 14.4. The highest BCUT2D eigenvalue weighted by Gasteiger charge is 2.36. The average molecular weight is 762 g/mol. The van der Waals surface area contributed by atoms with Crippen LogP contribution in [0.2, 0.25) is 0 Å². The second-order valence-electron chi connectivity index (χ2n) is 12.9. The maximum absolute atomic E-state index is 13.0. The van der Waals surface area contributed by atoms with Crippen molar-refractivity contribution in [3.05, 3.63) is 130 Å². The van der Waals surface area contributed by atoms with Crippen LogP contribution < -0.4 is 9.47 Å². The lowest BCUT2D eigenvalue weighted by atomic mass is 9.87. The van der Waals surface area contributed by atoms with E-state index in [2.05, 4.69) is 9.64 Å². The Balaban J connectivity index is 0.000000251. The number of esters is 1. The third-order valence-corrected chi connectivity index (χ3v) is 8.98. The van der Waals surface area contributed by atoms with Crippen LogP contribution in [0.5, 0.6) is 11.5 Å². The molecule has 4 aromatic carbocycles. The highest BCUT2D eigenvalue weighted by molar-refractivity contribution is 5.92. The first-order valence-electron chi connectivity index (χ1n) is 17.6. The summed E-state index contributed by atoms with van der Waals surface area (Å²) in [4.78, 5) is 45.4. The van der Waals surface area contributed by atoms with Gasteiger partial charge in [-0.2, -0.15) is 0 Å². The molecule has 1 aliphatic heterocycles. The Hall–Kier alpha value is -5.63. The number of carboxylic acids is 2. The molecule has 1 fully saturated rings. The van der Waals surface area contributed by atoms with Crippen LogP contribution in [0.4, 0.5) is 4.39 Å². The number of piperidine rings is 1. The molecule has 0 aliphatic carbocycles. The first kappa shape index (κ1) is 43.8. The Morgan fingerprint density at radius 3 is 1.91 bits per heavy atom. The zero-order valence-electron chi connectivity index (χ0n) is 31.3. The van der Waals surface area contributed by atoms with Gasteiger partial charge in [-0.15, -0.1) is 0 Å². The number of hydrogen-bond acceptors (Lipinski definition) is 10. The van der Waals surface area contributed by atoms with Gasteiger partial charge in [0.15, 0.2) is 17.6 Å². The van der Waals surface area contributed by atoms with E-state index < -0.39 is 36.2 Å². The molecule has 0 amide bonds. The number of halogens is 1. The van der Waals surface area contributed by atoms with Crippen molar-refractivity contribution in [3.63, 3.8) is 0 Å². The molecule has 55 heavy (non-hydrogen) atoms. The Bertz CT molecular complexity index is 1820. The zero-order valence-corrected chi connectivity index (χ0v) is 31.3. The lowest BCUT2D eigenvalue weighted by Crippen LogP contribution is -2.43. The SMILES string of the molecule is COc1cccc([C@H](O)C2CCN(CCc3ccc(F)cc3)CC2)c1OC.Cc1ccc(C(=O)O[C@H](C(=O)O)[C@H](O)C(=O)O)cc1.Cc1ccc(C=O)cc1. The summed E-state index contributed by atoms with van der Waals surface area (Å²) < 4.78 is 28.3. The van der Waals surface area contributed by atoms with Gasteiger partial charge in [0.25, 0.3) is 0 Å². The van der Waals surface area contributed by atoms with Crippen LogP contribution in [0.1, 0.15) is 61.9 Å². The molecule has 0 spiro atoms. The molecule has 4 aromatic rings. The molecular weight excluding hydrogens is 713 g/mol. The fraction of sp³-hybridized carbons (Fsp3) is 0.333. The van der Waals surface area contributed by atoms with E-state index in [0.717, 1.165) is 67.4 Å². The molecule has 12 nitrogen and oxygen atoms in total. The van der Waals surface area contributed by atoms with E-state index >= 15 is 0 Å². The number of nitrogens with zero attached hydrogens (tertiary/aromatic N) is 1. The van der Waals surface area contributed by atoms with Crippen LogP contribution in [0.3, 0.4) is 0 Å². The third kappa shape index (κ3) is 13.6. The lowest BCUT2D eigenvalue weighted by molar-refractivity contribution is -0.166. The first-order valence-corrected chi connectivity index (χ1v) is 17.6. The lowest BCUT2D eigenvalue weighted by Gasteiger charge is -2.34. The maximum Gasteiger partial charge on any atom is 0.348 e. The zero-order chi connectivity index (χ0) is 40.5. The minimum atomic E-state index is -2.33. The molecule has 0 aromatic heterocycles. The summed E-state index contributed by atoms with van der Waals surface area (Å²) in [5.41, 5.74) is 4.81. The number of carbonyl (C=O) groups excluding carboxylic acids is 2. The Labute approximate surface area is 319 Å². The summed E-state index contributed by atoms with van der Waals surface area (Å²) in [5.74, 6) is -3.28. The van der Waals surface area contributed by atoms with Crippen LogP contribution in [0.25, 0.3) is 0 Å². The first-order chi connectivity index (χ1) is 26.3. The van der Waals surface area contributed by atoms with Gasteiger partial charge in [0.1, 0.15) is 12.1 Å². The molecule has 294 valence electrons. The molecule has 5 rings (SSSR count). The number of methoxy groups -OCH3 is 2. The van der Waals surface area contributed by atoms with Crippen molar-refractivity contribution < 1.29 is 58.2 Å². The van der Waals surface area contributed by atoms with Crippen LogP contribution in [-0.2, 0) is 20.7 Å². The summed E-state index contributed by atoms with van der Waals surface area (Å²) in [7, 11) is 3.21. The molecule has 4 N–H and O–H groups in total. The van der Waals surface area contributed by atoms with E-state index in [1.165, 1.54) is 29.8 Å². The monoisotopic (exact) mass is 761 g/mol. The van der Waals surface area contributed by atoms with Gasteiger partial charge in [0.2, 0.25) is 6.10 Å². The number of likely N-dealkylation sites (tertiary alicyclic amines) is 1. The molecule has 0 radical (unpaired) electrons. The summed E-state index contributed by atoms with van der Waals surface area (Å²) in [5, 5.41) is 37.3. The van der Waals surface area contributed by atoms with Gasteiger partial charge in [0, 0.05) is 17.7 Å². The summed E-state index contributed by atoms with van der Waals surface area (Å²) >= 11 is 0. The van der Waals surface area contributed by atoms with Gasteiger partial charge < -0.3 is 39.5 Å². The second kappa shape index (κ2) is 21.9. The highest BCUT2D eigenvalue weighted by Crippen LogP contribution is 2.40. The van der Waals surface area contributed by atoms with Crippen LogP contribution in [-0.4, -0.2) is 95.6 Å². The summed E-state index contributed by atoms with van der Waals surface area (Å²) in [6.45, 7) is 6.65. The fourth-order valence-electron chi connectivity index (χ4n) is 5.73. The van der Waals surface area contributed by atoms with Crippen molar-refractivity contribution in [1.29, 1.82) is 0 Å². The number of aliphatic hydroxyl groups is 2. The quantitative estimate of drug-likeness (QED) is 0.0968. The standard InChI is InChI=1S/C22H28FNO3.C12H12O7.C8H8O/c1-26-20-5-3-4-19(22(20)27-2)21(25)17-11-14-24(15-12-17)13-10-16-6-8-18(23)9-7-16;1-6-2-4-7(5-3-6)12(18)19-9(11(16)17)8(13)10(14)15;1-7-2-4-8(6-9)5-3-7/h3-9,17,21,25H,10-15H2,1-2H3;2-5,8-9,13H,1H3,(H,14,15)(H,16,17);2-6H,1H3/t21-;8-,9-;/m10./s1. The van der Waals surface area contributed by atoms with E-state index in [1.54, 1.807) is 33.3 Å². The third-order valence-electron chi connectivity index (χ3n) is 8.98. The molecule has 13 heteroatoms. The van der Waals surface area contributed by atoms with E-state index in [-0.39, 0.29) is 17.3 Å². The number of ether oxygens (including phenoxy) is 3. The number of rotatable bonds is 13. The van der Waals surface area contributed by atoms with Crippen molar-refractivity contribution in [3.8, 4) is 11.5 Å². The van der Waals surface area contributed by atoms with Crippen LogP contribution >= 0.6 is 0 Å². The summed E-state index contributed by atoms with van der Waals surface area (Å²) in [6.07, 6.45) is -1.42.